The van der Waals surface area contributed by atoms with E-state index in [4.69, 9.17) is 5.73 Å². The topological polar surface area (TPSA) is 84.2 Å². The molecule has 20 heavy (non-hydrogen) atoms. The van der Waals surface area contributed by atoms with Gasteiger partial charge in [0.2, 0.25) is 5.91 Å². The number of thioether (sulfide) groups is 1. The van der Waals surface area contributed by atoms with E-state index in [1.165, 1.54) is 0 Å². The van der Waals surface area contributed by atoms with Crippen LogP contribution >= 0.6 is 11.8 Å². The highest BCUT2D eigenvalue weighted by Gasteiger charge is 2.20. The van der Waals surface area contributed by atoms with Crippen molar-refractivity contribution in [1.82, 2.24) is 5.32 Å². The van der Waals surface area contributed by atoms with Crippen LogP contribution in [0.25, 0.3) is 0 Å². The quantitative estimate of drug-likeness (QED) is 0.751. The van der Waals surface area contributed by atoms with Gasteiger partial charge in [-0.3, -0.25) is 4.79 Å². The van der Waals surface area contributed by atoms with Gasteiger partial charge in [-0.25, -0.2) is 4.79 Å². The number of carbonyl (C=O) groups is 2. The fourth-order valence-electron chi connectivity index (χ4n) is 1.78. The van der Waals surface area contributed by atoms with Gasteiger partial charge in [0.1, 0.15) is 6.04 Å². The van der Waals surface area contributed by atoms with Gasteiger partial charge in [0.25, 0.3) is 0 Å². The Balaban J connectivity index is 2.79. The predicted molar refractivity (Wildman–Crippen MR) is 84.1 cm³/mol. The Kier molecular flexibility index (Phi) is 6.38. The van der Waals surface area contributed by atoms with Gasteiger partial charge in [-0.05, 0) is 49.5 Å². The molecule has 0 bridgehead atoms. The van der Waals surface area contributed by atoms with Crippen molar-refractivity contribution >= 4 is 29.4 Å². The first-order valence-electron chi connectivity index (χ1n) is 6.37. The van der Waals surface area contributed by atoms with E-state index < -0.39 is 12.1 Å². The summed E-state index contributed by atoms with van der Waals surface area (Å²) in [5, 5.41) is 5.33. The van der Waals surface area contributed by atoms with Crippen molar-refractivity contribution in [3.63, 3.8) is 0 Å². The van der Waals surface area contributed by atoms with E-state index >= 15 is 0 Å². The summed E-state index contributed by atoms with van der Waals surface area (Å²) in [6.45, 7) is 3.93. The fraction of sp³-hybridized carbons (Fsp3) is 0.429. The lowest BCUT2D eigenvalue weighted by Crippen LogP contribution is -2.46. The first kappa shape index (κ1) is 16.4. The normalized spacial score (nSPS) is 11.8. The van der Waals surface area contributed by atoms with E-state index in [0.29, 0.717) is 6.42 Å². The van der Waals surface area contributed by atoms with Gasteiger partial charge in [0.05, 0.1) is 0 Å². The maximum atomic E-state index is 12.2. The molecule has 1 aromatic rings. The van der Waals surface area contributed by atoms with E-state index in [-0.39, 0.29) is 5.91 Å². The molecule has 4 N–H and O–H groups in total. The minimum Gasteiger partial charge on any atom is -0.352 e. The summed E-state index contributed by atoms with van der Waals surface area (Å²) in [5.74, 6) is 0.525. The smallest absolute Gasteiger partial charge is 0.312 e. The van der Waals surface area contributed by atoms with Gasteiger partial charge in [0.15, 0.2) is 0 Å². The molecule has 0 saturated carbocycles. The fourth-order valence-corrected chi connectivity index (χ4v) is 2.25. The Morgan fingerprint density at radius 1 is 1.35 bits per heavy atom. The van der Waals surface area contributed by atoms with Crippen LogP contribution in [0.15, 0.2) is 18.2 Å². The lowest BCUT2D eigenvalue weighted by atomic mass is 10.1. The maximum absolute atomic E-state index is 12.2. The molecule has 6 heteroatoms. The summed E-state index contributed by atoms with van der Waals surface area (Å²) in [4.78, 5) is 23.2. The first-order chi connectivity index (χ1) is 9.45. The molecule has 0 aliphatic heterocycles. The first-order valence-corrected chi connectivity index (χ1v) is 7.77. The Labute approximate surface area is 123 Å². The van der Waals surface area contributed by atoms with E-state index in [1.54, 1.807) is 11.8 Å². The van der Waals surface area contributed by atoms with Crippen LogP contribution in [0.5, 0.6) is 0 Å². The highest BCUT2D eigenvalue weighted by Crippen LogP contribution is 2.18. The van der Waals surface area contributed by atoms with E-state index in [9.17, 15) is 9.59 Å². The number of hydrogen-bond acceptors (Lipinski definition) is 3. The van der Waals surface area contributed by atoms with E-state index in [1.807, 2.05) is 38.3 Å². The lowest BCUT2D eigenvalue weighted by Gasteiger charge is -2.18. The zero-order valence-corrected chi connectivity index (χ0v) is 12.8. The number of hydrogen-bond donors (Lipinski definition) is 3. The molecule has 1 aromatic carbocycles. The third-order valence-electron chi connectivity index (χ3n) is 3.11. The van der Waals surface area contributed by atoms with Gasteiger partial charge in [-0.2, -0.15) is 11.8 Å². The van der Waals surface area contributed by atoms with Crippen LogP contribution in [0.1, 0.15) is 17.5 Å². The third kappa shape index (κ3) is 4.77. The SMILES string of the molecule is CSCC[C@H](NC(N)=O)C(=O)Nc1cccc(C)c1C. The van der Waals surface area contributed by atoms with Crippen molar-refractivity contribution in [2.75, 3.05) is 17.3 Å². The Morgan fingerprint density at radius 2 is 2.05 bits per heavy atom. The second-order valence-electron chi connectivity index (χ2n) is 4.58. The standard InChI is InChI=1S/C14H21N3O2S/c1-9-5-4-6-11(10(9)2)16-13(18)12(7-8-20-3)17-14(15)19/h4-6,12H,7-8H2,1-3H3,(H,16,18)(H3,15,17,19)/t12-/m0/s1. The van der Waals surface area contributed by atoms with Gasteiger partial charge in [-0.15, -0.1) is 0 Å². The van der Waals surface area contributed by atoms with Gasteiger partial charge in [-0.1, -0.05) is 12.1 Å². The number of nitrogens with two attached hydrogens (primary N) is 1. The molecule has 5 nitrogen and oxygen atoms in total. The van der Waals surface area contributed by atoms with Crippen LogP contribution in [0.2, 0.25) is 0 Å². The Morgan fingerprint density at radius 3 is 2.65 bits per heavy atom. The van der Waals surface area contributed by atoms with Crippen molar-refractivity contribution in [1.29, 1.82) is 0 Å². The zero-order chi connectivity index (χ0) is 15.1. The number of urea groups is 1. The molecule has 0 heterocycles. The van der Waals surface area contributed by atoms with Crippen molar-refractivity contribution < 1.29 is 9.59 Å². The van der Waals surface area contributed by atoms with Crippen molar-refractivity contribution in [3.05, 3.63) is 29.3 Å². The molecular formula is C14H21N3O2S. The van der Waals surface area contributed by atoms with Crippen molar-refractivity contribution in [3.8, 4) is 0 Å². The predicted octanol–water partition coefficient (Wildman–Crippen LogP) is 2.03. The molecule has 0 spiro atoms. The summed E-state index contributed by atoms with van der Waals surface area (Å²) < 4.78 is 0. The van der Waals surface area contributed by atoms with E-state index in [0.717, 1.165) is 22.6 Å². The van der Waals surface area contributed by atoms with Crippen LogP contribution in [-0.4, -0.2) is 30.0 Å². The molecule has 0 aliphatic carbocycles. The van der Waals surface area contributed by atoms with Crippen LogP contribution in [0.3, 0.4) is 0 Å². The molecule has 3 amide bonds. The summed E-state index contributed by atoms with van der Waals surface area (Å²) in [6.07, 6.45) is 2.49. The number of carbonyl (C=O) groups excluding carboxylic acids is 2. The summed E-state index contributed by atoms with van der Waals surface area (Å²) in [5.41, 5.74) is 7.99. The number of primary amides is 1. The van der Waals surface area contributed by atoms with Gasteiger partial charge < -0.3 is 16.4 Å². The monoisotopic (exact) mass is 295 g/mol. The molecule has 110 valence electrons. The largest absolute Gasteiger partial charge is 0.352 e. The highest BCUT2D eigenvalue weighted by molar-refractivity contribution is 7.98. The second-order valence-corrected chi connectivity index (χ2v) is 5.56. The lowest BCUT2D eigenvalue weighted by molar-refractivity contribution is -0.117. The highest BCUT2D eigenvalue weighted by atomic mass is 32.2. The Bertz CT molecular complexity index is 491. The molecule has 1 rings (SSSR count). The number of aryl methyl sites for hydroxylation is 1. The zero-order valence-electron chi connectivity index (χ0n) is 12.0. The number of amides is 3. The molecule has 0 unspecified atom stereocenters. The molecule has 0 fully saturated rings. The van der Waals surface area contributed by atoms with Crippen molar-refractivity contribution in [2.45, 2.75) is 26.3 Å². The summed E-state index contributed by atoms with van der Waals surface area (Å²) in [6, 6.07) is 4.41. The number of rotatable bonds is 6. The van der Waals surface area contributed by atoms with Crippen LogP contribution in [0.4, 0.5) is 10.5 Å². The van der Waals surface area contributed by atoms with Gasteiger partial charge >= 0.3 is 6.03 Å². The molecular weight excluding hydrogens is 274 g/mol. The second kappa shape index (κ2) is 7.79. The number of nitrogens with one attached hydrogen (secondary N) is 2. The van der Waals surface area contributed by atoms with E-state index in [2.05, 4.69) is 10.6 Å². The summed E-state index contributed by atoms with van der Waals surface area (Å²) >= 11 is 1.61. The minimum atomic E-state index is -0.688. The number of benzene rings is 1. The maximum Gasteiger partial charge on any atom is 0.312 e. The average molecular weight is 295 g/mol. The molecule has 1 atom stereocenters. The van der Waals surface area contributed by atoms with Crippen LogP contribution < -0.4 is 16.4 Å². The average Bonchev–Trinajstić information content (AvgIpc) is 2.39. The number of anilines is 1. The minimum absolute atomic E-state index is 0.244. The Hall–Kier alpha value is -1.69. The third-order valence-corrected chi connectivity index (χ3v) is 3.75. The molecule has 0 radical (unpaired) electrons. The molecule has 0 aromatic heterocycles. The molecule has 0 saturated heterocycles. The molecule has 0 aliphatic rings. The van der Waals surface area contributed by atoms with Crippen LogP contribution in [0, 0.1) is 13.8 Å². The van der Waals surface area contributed by atoms with Crippen molar-refractivity contribution in [2.24, 2.45) is 5.73 Å². The summed E-state index contributed by atoms with van der Waals surface area (Å²) in [7, 11) is 0. The van der Waals surface area contributed by atoms with Gasteiger partial charge in [0, 0.05) is 5.69 Å². The van der Waals surface area contributed by atoms with Crippen LogP contribution in [-0.2, 0) is 4.79 Å².